The molecule has 1 heterocycles. The van der Waals surface area contributed by atoms with Crippen LogP contribution in [0.5, 0.6) is 0 Å². The standard InChI is InChI=1S/C15H17BrN2O2/c1-8(2)12(15(19)20)14-17-9(3)13(18-14)10-4-6-11(16)7-5-10/h4-8,12H,1-3H3,(H,17,18)(H,19,20). The highest BCUT2D eigenvalue weighted by Gasteiger charge is 2.27. The van der Waals surface area contributed by atoms with Gasteiger partial charge < -0.3 is 10.1 Å². The molecule has 106 valence electrons. The van der Waals surface area contributed by atoms with E-state index in [2.05, 4.69) is 25.9 Å². The predicted octanol–water partition coefficient (Wildman–Crippen LogP) is 3.97. The van der Waals surface area contributed by atoms with Crippen molar-refractivity contribution >= 4 is 21.9 Å². The number of aromatic amines is 1. The fourth-order valence-corrected chi connectivity index (χ4v) is 2.50. The Balaban J connectivity index is 2.43. The maximum absolute atomic E-state index is 11.4. The molecule has 0 saturated carbocycles. The van der Waals surface area contributed by atoms with Gasteiger partial charge in [-0.1, -0.05) is 41.9 Å². The minimum atomic E-state index is -0.851. The first-order chi connectivity index (χ1) is 9.40. The van der Waals surface area contributed by atoms with Gasteiger partial charge in [0, 0.05) is 15.7 Å². The fourth-order valence-electron chi connectivity index (χ4n) is 2.24. The molecule has 0 saturated heterocycles. The van der Waals surface area contributed by atoms with E-state index >= 15 is 0 Å². The van der Waals surface area contributed by atoms with Crippen LogP contribution in [0.15, 0.2) is 28.7 Å². The smallest absolute Gasteiger partial charge is 0.314 e. The third-order valence-electron chi connectivity index (χ3n) is 3.25. The molecule has 0 aliphatic rings. The monoisotopic (exact) mass is 336 g/mol. The van der Waals surface area contributed by atoms with Crippen LogP contribution < -0.4 is 0 Å². The number of rotatable bonds is 4. The molecule has 0 spiro atoms. The summed E-state index contributed by atoms with van der Waals surface area (Å²) in [7, 11) is 0. The number of aryl methyl sites for hydroxylation is 1. The summed E-state index contributed by atoms with van der Waals surface area (Å²) in [5.41, 5.74) is 2.66. The molecule has 5 heteroatoms. The lowest BCUT2D eigenvalue weighted by atomic mass is 9.95. The van der Waals surface area contributed by atoms with Crippen LogP contribution in [0.4, 0.5) is 0 Å². The van der Waals surface area contributed by atoms with E-state index < -0.39 is 11.9 Å². The molecule has 1 aromatic carbocycles. The molecule has 4 nitrogen and oxygen atoms in total. The number of carboxylic acid groups (broad SMARTS) is 1. The minimum absolute atomic E-state index is 0.0178. The van der Waals surface area contributed by atoms with Crippen LogP contribution in [0.25, 0.3) is 11.3 Å². The number of imidazole rings is 1. The van der Waals surface area contributed by atoms with Gasteiger partial charge in [-0.25, -0.2) is 4.98 Å². The summed E-state index contributed by atoms with van der Waals surface area (Å²) in [6, 6.07) is 7.81. The predicted molar refractivity (Wildman–Crippen MR) is 81.7 cm³/mol. The summed E-state index contributed by atoms with van der Waals surface area (Å²) in [6.07, 6.45) is 0. The number of halogens is 1. The molecule has 0 amide bonds. The van der Waals surface area contributed by atoms with Gasteiger partial charge in [0.1, 0.15) is 11.7 Å². The lowest BCUT2D eigenvalue weighted by Crippen LogP contribution is -2.18. The quantitative estimate of drug-likeness (QED) is 0.887. The first-order valence-electron chi connectivity index (χ1n) is 6.45. The van der Waals surface area contributed by atoms with Crippen molar-refractivity contribution in [1.82, 2.24) is 9.97 Å². The van der Waals surface area contributed by atoms with Crippen molar-refractivity contribution in [2.45, 2.75) is 26.7 Å². The molecule has 2 N–H and O–H groups in total. The summed E-state index contributed by atoms with van der Waals surface area (Å²) < 4.78 is 1.00. The molecule has 2 aromatic rings. The molecule has 1 unspecified atom stereocenters. The summed E-state index contributed by atoms with van der Waals surface area (Å²) in [5, 5.41) is 9.34. The second kappa shape index (κ2) is 5.79. The Morgan fingerprint density at radius 1 is 1.30 bits per heavy atom. The SMILES string of the molecule is Cc1[nH]c(C(C(=O)O)C(C)C)nc1-c1ccc(Br)cc1. The van der Waals surface area contributed by atoms with Gasteiger partial charge in [-0.05, 0) is 25.0 Å². The molecule has 1 atom stereocenters. The molecular formula is C15H17BrN2O2. The zero-order chi connectivity index (χ0) is 14.9. The first kappa shape index (κ1) is 14.8. The lowest BCUT2D eigenvalue weighted by molar-refractivity contribution is -0.140. The normalized spacial score (nSPS) is 12.7. The van der Waals surface area contributed by atoms with Crippen LogP contribution in [-0.2, 0) is 4.79 Å². The average molecular weight is 337 g/mol. The molecule has 0 aliphatic heterocycles. The van der Waals surface area contributed by atoms with E-state index in [0.29, 0.717) is 5.82 Å². The van der Waals surface area contributed by atoms with Crippen molar-refractivity contribution in [2.75, 3.05) is 0 Å². The Bertz CT molecular complexity index is 617. The van der Waals surface area contributed by atoms with E-state index in [-0.39, 0.29) is 5.92 Å². The zero-order valence-corrected chi connectivity index (χ0v) is 13.2. The zero-order valence-electron chi connectivity index (χ0n) is 11.6. The van der Waals surface area contributed by atoms with E-state index in [0.717, 1.165) is 21.4 Å². The van der Waals surface area contributed by atoms with Gasteiger partial charge in [-0.3, -0.25) is 4.79 Å². The largest absolute Gasteiger partial charge is 0.481 e. The summed E-state index contributed by atoms with van der Waals surface area (Å²) in [4.78, 5) is 19.0. The van der Waals surface area contributed by atoms with E-state index in [1.807, 2.05) is 45.0 Å². The number of hydrogen-bond donors (Lipinski definition) is 2. The number of hydrogen-bond acceptors (Lipinski definition) is 2. The van der Waals surface area contributed by atoms with Crippen LogP contribution in [0, 0.1) is 12.8 Å². The van der Waals surface area contributed by atoms with Crippen molar-refractivity contribution in [1.29, 1.82) is 0 Å². The molecule has 0 radical (unpaired) electrons. The Labute approximate surface area is 126 Å². The van der Waals surface area contributed by atoms with E-state index in [1.165, 1.54) is 0 Å². The van der Waals surface area contributed by atoms with Crippen LogP contribution >= 0.6 is 15.9 Å². The third-order valence-corrected chi connectivity index (χ3v) is 3.78. The third kappa shape index (κ3) is 2.93. The van der Waals surface area contributed by atoms with E-state index in [1.54, 1.807) is 0 Å². The van der Waals surface area contributed by atoms with Crippen LogP contribution in [-0.4, -0.2) is 21.0 Å². The molecule has 20 heavy (non-hydrogen) atoms. The maximum Gasteiger partial charge on any atom is 0.314 e. The van der Waals surface area contributed by atoms with Gasteiger partial charge in [0.05, 0.1) is 5.69 Å². The number of carbonyl (C=O) groups is 1. The Morgan fingerprint density at radius 3 is 2.40 bits per heavy atom. The first-order valence-corrected chi connectivity index (χ1v) is 7.24. The highest BCUT2D eigenvalue weighted by molar-refractivity contribution is 9.10. The minimum Gasteiger partial charge on any atom is -0.481 e. The Hall–Kier alpha value is -1.62. The van der Waals surface area contributed by atoms with Crippen LogP contribution in [0.2, 0.25) is 0 Å². The van der Waals surface area contributed by atoms with E-state index in [4.69, 9.17) is 0 Å². The number of nitrogens with one attached hydrogen (secondary N) is 1. The number of benzene rings is 1. The van der Waals surface area contributed by atoms with Gasteiger partial charge in [-0.2, -0.15) is 0 Å². The summed E-state index contributed by atoms with van der Waals surface area (Å²) in [5.74, 6) is -0.965. The van der Waals surface area contributed by atoms with Gasteiger partial charge in [-0.15, -0.1) is 0 Å². The molecule has 1 aromatic heterocycles. The molecule has 0 bridgehead atoms. The number of carboxylic acids is 1. The highest BCUT2D eigenvalue weighted by atomic mass is 79.9. The Kier molecular flexibility index (Phi) is 4.28. The van der Waals surface area contributed by atoms with Crippen LogP contribution in [0.3, 0.4) is 0 Å². The van der Waals surface area contributed by atoms with Gasteiger partial charge in [0.15, 0.2) is 0 Å². The fraction of sp³-hybridized carbons (Fsp3) is 0.333. The van der Waals surface area contributed by atoms with Crippen molar-refractivity contribution in [3.8, 4) is 11.3 Å². The molecule has 0 aliphatic carbocycles. The highest BCUT2D eigenvalue weighted by Crippen LogP contribution is 2.28. The average Bonchev–Trinajstić information content (AvgIpc) is 2.71. The number of H-pyrrole nitrogens is 1. The van der Waals surface area contributed by atoms with Gasteiger partial charge in [0.2, 0.25) is 0 Å². The number of aliphatic carboxylic acids is 1. The Morgan fingerprint density at radius 2 is 1.90 bits per heavy atom. The van der Waals surface area contributed by atoms with Crippen molar-refractivity contribution in [3.05, 3.63) is 40.3 Å². The van der Waals surface area contributed by atoms with Gasteiger partial charge in [0.25, 0.3) is 0 Å². The van der Waals surface area contributed by atoms with Crippen molar-refractivity contribution in [3.63, 3.8) is 0 Å². The molecule has 2 rings (SSSR count). The number of nitrogens with zero attached hydrogens (tertiary/aromatic N) is 1. The van der Waals surface area contributed by atoms with Gasteiger partial charge >= 0.3 is 5.97 Å². The summed E-state index contributed by atoms with van der Waals surface area (Å²) >= 11 is 3.40. The van der Waals surface area contributed by atoms with E-state index in [9.17, 15) is 9.90 Å². The maximum atomic E-state index is 11.4. The second-order valence-corrected chi connectivity index (χ2v) is 6.08. The van der Waals surface area contributed by atoms with Crippen molar-refractivity contribution < 1.29 is 9.90 Å². The second-order valence-electron chi connectivity index (χ2n) is 5.16. The van der Waals surface area contributed by atoms with Crippen LogP contribution in [0.1, 0.15) is 31.3 Å². The molecular weight excluding hydrogens is 320 g/mol. The lowest BCUT2D eigenvalue weighted by Gasteiger charge is -2.12. The number of aromatic nitrogens is 2. The molecule has 0 fully saturated rings. The summed E-state index contributed by atoms with van der Waals surface area (Å²) in [6.45, 7) is 5.68. The topological polar surface area (TPSA) is 66.0 Å². The van der Waals surface area contributed by atoms with Crippen molar-refractivity contribution in [2.24, 2.45) is 5.92 Å².